The van der Waals surface area contributed by atoms with Crippen molar-refractivity contribution in [3.63, 3.8) is 0 Å². The third-order valence-electron chi connectivity index (χ3n) is 3.34. The Morgan fingerprint density at radius 2 is 2.05 bits per heavy atom. The van der Waals surface area contributed by atoms with Gasteiger partial charge in [-0.25, -0.2) is 0 Å². The Morgan fingerprint density at radius 3 is 2.80 bits per heavy atom. The van der Waals surface area contributed by atoms with E-state index in [-0.39, 0.29) is 19.0 Å². The number of ether oxygens (including phenoxy) is 2. The maximum absolute atomic E-state index is 12.1. The third-order valence-corrected chi connectivity index (χ3v) is 3.34. The van der Waals surface area contributed by atoms with Crippen molar-refractivity contribution in [1.29, 1.82) is 0 Å². The van der Waals surface area contributed by atoms with Crippen molar-refractivity contribution in [2.45, 2.75) is 6.54 Å². The summed E-state index contributed by atoms with van der Waals surface area (Å²) in [6.07, 6.45) is 0. The molecule has 6 heteroatoms. The monoisotopic (exact) mass is 276 g/mol. The van der Waals surface area contributed by atoms with Gasteiger partial charge in [-0.15, -0.1) is 0 Å². The van der Waals surface area contributed by atoms with E-state index in [0.717, 1.165) is 10.9 Å². The van der Waals surface area contributed by atoms with Crippen molar-refractivity contribution < 1.29 is 14.6 Å². The minimum atomic E-state index is -0.124. The molecule has 0 spiro atoms. The Labute approximate surface area is 115 Å². The number of aromatic amines is 1. The number of hydrogen-bond acceptors (Lipinski definition) is 5. The summed E-state index contributed by atoms with van der Waals surface area (Å²) < 4.78 is 10.6. The van der Waals surface area contributed by atoms with Crippen LogP contribution in [0, 0.1) is 0 Å². The second-order valence-corrected chi connectivity index (χ2v) is 4.88. The second kappa shape index (κ2) is 5.15. The summed E-state index contributed by atoms with van der Waals surface area (Å²) in [7, 11) is 1.86. The molecule has 0 atom stereocenters. The van der Waals surface area contributed by atoms with Crippen molar-refractivity contribution in [3.05, 3.63) is 34.1 Å². The fraction of sp³-hybridized carbons (Fsp3) is 0.357. The maximum Gasteiger partial charge on any atom is 0.252 e. The van der Waals surface area contributed by atoms with Crippen LogP contribution in [0.5, 0.6) is 11.5 Å². The van der Waals surface area contributed by atoms with Crippen LogP contribution in [0.25, 0.3) is 10.9 Å². The van der Waals surface area contributed by atoms with E-state index in [0.29, 0.717) is 30.2 Å². The lowest BCUT2D eigenvalue weighted by Crippen LogP contribution is -2.25. The lowest BCUT2D eigenvalue weighted by atomic mass is 10.1. The molecule has 1 aliphatic rings. The largest absolute Gasteiger partial charge is 0.454 e. The fourth-order valence-corrected chi connectivity index (χ4v) is 2.30. The Hall–Kier alpha value is -2.05. The summed E-state index contributed by atoms with van der Waals surface area (Å²) in [6.45, 7) is 1.29. The van der Waals surface area contributed by atoms with Crippen molar-refractivity contribution in [3.8, 4) is 11.5 Å². The number of H-pyrrole nitrogens is 1. The number of nitrogens with zero attached hydrogens (tertiary/aromatic N) is 1. The number of pyridine rings is 1. The van der Waals surface area contributed by atoms with Gasteiger partial charge in [0.25, 0.3) is 5.56 Å². The van der Waals surface area contributed by atoms with Gasteiger partial charge in [0, 0.05) is 30.1 Å². The second-order valence-electron chi connectivity index (χ2n) is 4.88. The zero-order valence-corrected chi connectivity index (χ0v) is 11.2. The lowest BCUT2D eigenvalue weighted by molar-refractivity contribution is 0.174. The molecule has 1 aromatic heterocycles. The van der Waals surface area contributed by atoms with Crippen LogP contribution in [-0.4, -0.2) is 42.0 Å². The molecule has 2 heterocycles. The number of fused-ring (bicyclic) bond motifs is 2. The van der Waals surface area contributed by atoms with Gasteiger partial charge < -0.3 is 19.6 Å². The van der Waals surface area contributed by atoms with Crippen molar-refractivity contribution in [2.24, 2.45) is 0 Å². The van der Waals surface area contributed by atoms with E-state index < -0.39 is 0 Å². The van der Waals surface area contributed by atoms with Crippen LogP contribution in [0.1, 0.15) is 5.56 Å². The topological polar surface area (TPSA) is 74.8 Å². The van der Waals surface area contributed by atoms with E-state index in [9.17, 15) is 4.79 Å². The zero-order chi connectivity index (χ0) is 14.1. The average molecular weight is 276 g/mol. The van der Waals surface area contributed by atoms with Crippen LogP contribution in [0.2, 0.25) is 0 Å². The first kappa shape index (κ1) is 13.0. The van der Waals surface area contributed by atoms with Gasteiger partial charge in [-0.1, -0.05) is 0 Å². The SMILES string of the molecule is CN(CCO)Cc1cc2cc3c(cc2[nH]c1=O)OCO3. The van der Waals surface area contributed by atoms with Gasteiger partial charge in [-0.05, 0) is 19.2 Å². The average Bonchev–Trinajstić information content (AvgIpc) is 2.84. The Morgan fingerprint density at radius 1 is 1.30 bits per heavy atom. The van der Waals surface area contributed by atoms with Crippen molar-refractivity contribution in [1.82, 2.24) is 9.88 Å². The molecule has 0 aliphatic carbocycles. The van der Waals surface area contributed by atoms with Crippen LogP contribution in [0.3, 0.4) is 0 Å². The standard InChI is InChI=1S/C14H16N2O4/c1-16(2-3-17)7-10-4-9-5-12-13(20-8-19-12)6-11(9)15-14(10)18/h4-6,17H,2-3,7-8H2,1H3,(H,15,18). The van der Waals surface area contributed by atoms with Crippen molar-refractivity contribution >= 4 is 10.9 Å². The molecule has 0 unspecified atom stereocenters. The van der Waals surface area contributed by atoms with E-state index >= 15 is 0 Å². The summed E-state index contributed by atoms with van der Waals surface area (Å²) >= 11 is 0. The highest BCUT2D eigenvalue weighted by molar-refractivity contribution is 5.83. The molecule has 6 nitrogen and oxygen atoms in total. The van der Waals surface area contributed by atoms with Gasteiger partial charge in [-0.2, -0.15) is 0 Å². The van der Waals surface area contributed by atoms with Gasteiger partial charge in [0.2, 0.25) is 6.79 Å². The van der Waals surface area contributed by atoms with Crippen molar-refractivity contribution in [2.75, 3.05) is 27.0 Å². The third kappa shape index (κ3) is 2.35. The highest BCUT2D eigenvalue weighted by Crippen LogP contribution is 2.35. The number of hydrogen-bond donors (Lipinski definition) is 2. The normalized spacial score (nSPS) is 13.3. The first-order valence-corrected chi connectivity index (χ1v) is 6.42. The van der Waals surface area contributed by atoms with Gasteiger partial charge in [0.05, 0.1) is 12.1 Å². The quantitative estimate of drug-likeness (QED) is 0.859. The van der Waals surface area contributed by atoms with E-state index in [4.69, 9.17) is 14.6 Å². The molecular formula is C14H16N2O4. The molecule has 20 heavy (non-hydrogen) atoms. The Balaban J connectivity index is 2.00. The molecule has 0 radical (unpaired) electrons. The highest BCUT2D eigenvalue weighted by atomic mass is 16.7. The molecule has 0 fully saturated rings. The summed E-state index contributed by atoms with van der Waals surface area (Å²) in [5, 5.41) is 9.81. The lowest BCUT2D eigenvalue weighted by Gasteiger charge is -2.14. The van der Waals surface area contributed by atoms with Gasteiger partial charge in [-0.3, -0.25) is 9.69 Å². The molecule has 0 saturated carbocycles. The smallest absolute Gasteiger partial charge is 0.252 e. The van der Waals surface area contributed by atoms with Gasteiger partial charge >= 0.3 is 0 Å². The maximum atomic E-state index is 12.1. The number of rotatable bonds is 4. The predicted octanol–water partition coefficient (Wildman–Crippen LogP) is 0.681. The van der Waals surface area contributed by atoms with Crippen LogP contribution in [0.4, 0.5) is 0 Å². The number of nitrogens with one attached hydrogen (secondary N) is 1. The predicted molar refractivity (Wildman–Crippen MR) is 74.1 cm³/mol. The zero-order valence-electron chi connectivity index (χ0n) is 11.2. The van der Waals surface area contributed by atoms with E-state index in [1.807, 2.05) is 24.1 Å². The molecular weight excluding hydrogens is 260 g/mol. The molecule has 3 rings (SSSR count). The summed E-state index contributed by atoms with van der Waals surface area (Å²) in [5.41, 5.74) is 1.27. The van der Waals surface area contributed by atoms with Crippen LogP contribution in [0.15, 0.2) is 23.0 Å². The van der Waals surface area contributed by atoms with Gasteiger partial charge in [0.1, 0.15) is 0 Å². The van der Waals surface area contributed by atoms with Gasteiger partial charge in [0.15, 0.2) is 11.5 Å². The van der Waals surface area contributed by atoms with Crippen LogP contribution in [-0.2, 0) is 6.54 Å². The molecule has 1 aromatic carbocycles. The molecule has 2 N–H and O–H groups in total. The number of aromatic nitrogens is 1. The minimum absolute atomic E-state index is 0.0701. The summed E-state index contributed by atoms with van der Waals surface area (Å²) in [5.74, 6) is 1.34. The molecule has 0 amide bonds. The van der Waals surface area contributed by atoms with E-state index in [1.54, 1.807) is 6.07 Å². The first-order chi connectivity index (χ1) is 9.67. The number of benzene rings is 1. The summed E-state index contributed by atoms with van der Waals surface area (Å²) in [6, 6.07) is 5.49. The first-order valence-electron chi connectivity index (χ1n) is 6.42. The number of aliphatic hydroxyl groups excluding tert-OH is 1. The van der Waals surface area contributed by atoms with E-state index in [1.165, 1.54) is 0 Å². The Kier molecular flexibility index (Phi) is 3.33. The number of aliphatic hydroxyl groups is 1. The molecule has 0 saturated heterocycles. The van der Waals surface area contributed by atoms with Crippen LogP contribution < -0.4 is 15.0 Å². The molecule has 1 aliphatic heterocycles. The highest BCUT2D eigenvalue weighted by Gasteiger charge is 2.15. The van der Waals surface area contributed by atoms with Crippen LogP contribution >= 0.6 is 0 Å². The summed E-state index contributed by atoms with van der Waals surface area (Å²) in [4.78, 5) is 16.8. The number of likely N-dealkylation sites (N-methyl/N-ethyl adjacent to an activating group) is 1. The minimum Gasteiger partial charge on any atom is -0.454 e. The molecule has 106 valence electrons. The molecule has 0 bridgehead atoms. The van der Waals surface area contributed by atoms with E-state index in [2.05, 4.69) is 4.98 Å². The fourth-order valence-electron chi connectivity index (χ4n) is 2.30. The molecule has 2 aromatic rings. The Bertz CT molecular complexity index is 695.